The van der Waals surface area contributed by atoms with E-state index < -0.39 is 20.0 Å². The zero-order valence-electron chi connectivity index (χ0n) is 9.69. The summed E-state index contributed by atoms with van der Waals surface area (Å²) in [6.07, 6.45) is 1.23. The number of hydrogen-bond acceptors (Lipinski definition) is 4. The molecule has 0 saturated carbocycles. The van der Waals surface area contributed by atoms with E-state index in [0.717, 1.165) is 0 Å². The molecular formula is C8H20N2O4S2. The molecule has 0 aliphatic carbocycles. The molecule has 0 saturated heterocycles. The highest BCUT2D eigenvalue weighted by Gasteiger charge is 2.06. The van der Waals surface area contributed by atoms with E-state index in [1.807, 2.05) is 0 Å². The summed E-state index contributed by atoms with van der Waals surface area (Å²) in [5.41, 5.74) is 0. The van der Waals surface area contributed by atoms with E-state index in [4.69, 9.17) is 0 Å². The number of rotatable bonds is 9. The molecular weight excluding hydrogens is 252 g/mol. The van der Waals surface area contributed by atoms with Crippen LogP contribution in [0.2, 0.25) is 0 Å². The molecule has 0 amide bonds. The van der Waals surface area contributed by atoms with Gasteiger partial charge in [0, 0.05) is 13.1 Å². The number of nitrogens with one attached hydrogen (secondary N) is 2. The highest BCUT2D eigenvalue weighted by molar-refractivity contribution is 7.89. The minimum Gasteiger partial charge on any atom is -0.215 e. The molecule has 0 aromatic heterocycles. The molecule has 0 aromatic rings. The maximum absolute atomic E-state index is 11.0. The normalized spacial score (nSPS) is 12.9. The SMILES string of the molecule is CCS(=O)(=O)NCCCCNS(=O)(=O)CC. The van der Waals surface area contributed by atoms with Crippen LogP contribution in [0.5, 0.6) is 0 Å². The van der Waals surface area contributed by atoms with Crippen molar-refractivity contribution in [2.45, 2.75) is 26.7 Å². The molecule has 0 fully saturated rings. The molecule has 0 aliphatic rings. The largest absolute Gasteiger partial charge is 0.215 e. The first-order valence-corrected chi connectivity index (χ1v) is 8.58. The predicted molar refractivity (Wildman–Crippen MR) is 64.2 cm³/mol. The van der Waals surface area contributed by atoms with E-state index in [0.29, 0.717) is 25.9 Å². The number of unbranched alkanes of at least 4 members (excludes halogenated alkanes) is 1. The Labute approximate surface area is 97.9 Å². The van der Waals surface area contributed by atoms with Crippen molar-refractivity contribution >= 4 is 20.0 Å². The zero-order chi connectivity index (χ0) is 12.7. The second-order valence-corrected chi connectivity index (χ2v) is 7.49. The third kappa shape index (κ3) is 8.03. The first-order valence-electron chi connectivity index (χ1n) is 5.27. The van der Waals surface area contributed by atoms with E-state index >= 15 is 0 Å². The fraction of sp³-hybridized carbons (Fsp3) is 1.00. The molecule has 0 heterocycles. The van der Waals surface area contributed by atoms with Crippen molar-refractivity contribution in [2.75, 3.05) is 24.6 Å². The number of sulfonamides is 2. The van der Waals surface area contributed by atoms with Crippen LogP contribution in [-0.2, 0) is 20.0 Å². The first kappa shape index (κ1) is 15.8. The first-order chi connectivity index (χ1) is 7.33. The molecule has 0 atom stereocenters. The Morgan fingerprint density at radius 3 is 1.31 bits per heavy atom. The van der Waals surface area contributed by atoms with Gasteiger partial charge in [-0.25, -0.2) is 26.3 Å². The third-order valence-corrected chi connectivity index (χ3v) is 4.82. The Kier molecular flexibility index (Phi) is 7.12. The van der Waals surface area contributed by atoms with Gasteiger partial charge in [0.2, 0.25) is 20.0 Å². The molecule has 98 valence electrons. The summed E-state index contributed by atoms with van der Waals surface area (Å²) in [7, 11) is -6.26. The minimum absolute atomic E-state index is 0.0649. The van der Waals surface area contributed by atoms with Gasteiger partial charge in [-0.2, -0.15) is 0 Å². The summed E-state index contributed by atoms with van der Waals surface area (Å²) in [6.45, 7) is 3.84. The van der Waals surface area contributed by atoms with E-state index in [1.165, 1.54) is 0 Å². The maximum atomic E-state index is 11.0. The summed E-state index contributed by atoms with van der Waals surface area (Å²) < 4.78 is 48.9. The van der Waals surface area contributed by atoms with Crippen molar-refractivity contribution in [2.24, 2.45) is 0 Å². The van der Waals surface area contributed by atoms with Gasteiger partial charge in [-0.15, -0.1) is 0 Å². The summed E-state index contributed by atoms with van der Waals surface area (Å²) in [5, 5.41) is 0. The fourth-order valence-corrected chi connectivity index (χ4v) is 2.23. The van der Waals surface area contributed by atoms with Crippen LogP contribution in [0.15, 0.2) is 0 Å². The van der Waals surface area contributed by atoms with E-state index in [-0.39, 0.29) is 11.5 Å². The molecule has 16 heavy (non-hydrogen) atoms. The molecule has 0 rings (SSSR count). The summed E-state index contributed by atoms with van der Waals surface area (Å²) in [6, 6.07) is 0. The lowest BCUT2D eigenvalue weighted by Crippen LogP contribution is -2.28. The predicted octanol–water partition coefficient (Wildman–Crippen LogP) is -0.355. The third-order valence-electron chi connectivity index (χ3n) is 2.01. The van der Waals surface area contributed by atoms with Crippen molar-refractivity contribution in [3.8, 4) is 0 Å². The van der Waals surface area contributed by atoms with Gasteiger partial charge in [0.15, 0.2) is 0 Å². The topological polar surface area (TPSA) is 92.3 Å². The minimum atomic E-state index is -3.13. The molecule has 2 N–H and O–H groups in total. The van der Waals surface area contributed by atoms with Gasteiger partial charge in [0.1, 0.15) is 0 Å². The smallest absolute Gasteiger partial charge is 0.211 e. The van der Waals surface area contributed by atoms with Crippen molar-refractivity contribution in [1.29, 1.82) is 0 Å². The van der Waals surface area contributed by atoms with E-state index in [9.17, 15) is 16.8 Å². The van der Waals surface area contributed by atoms with Crippen LogP contribution in [0.3, 0.4) is 0 Å². The summed E-state index contributed by atoms with van der Waals surface area (Å²) >= 11 is 0. The Morgan fingerprint density at radius 1 is 0.750 bits per heavy atom. The van der Waals surface area contributed by atoms with Gasteiger partial charge in [-0.1, -0.05) is 0 Å². The standard InChI is InChI=1S/C8H20N2O4S2/c1-3-15(11,12)9-7-5-6-8-10-16(13,14)4-2/h9-10H,3-8H2,1-2H3. The van der Waals surface area contributed by atoms with Gasteiger partial charge in [0.25, 0.3) is 0 Å². The molecule has 0 aliphatic heterocycles. The van der Waals surface area contributed by atoms with Crippen molar-refractivity contribution in [3.63, 3.8) is 0 Å². The second kappa shape index (κ2) is 7.21. The van der Waals surface area contributed by atoms with Crippen LogP contribution in [0.4, 0.5) is 0 Å². The highest BCUT2D eigenvalue weighted by atomic mass is 32.2. The monoisotopic (exact) mass is 272 g/mol. The Hall–Kier alpha value is -0.180. The molecule has 0 aromatic carbocycles. The van der Waals surface area contributed by atoms with Gasteiger partial charge >= 0.3 is 0 Å². The van der Waals surface area contributed by atoms with E-state index in [1.54, 1.807) is 13.8 Å². The van der Waals surface area contributed by atoms with Gasteiger partial charge in [0.05, 0.1) is 11.5 Å². The maximum Gasteiger partial charge on any atom is 0.211 e. The number of hydrogen-bond donors (Lipinski definition) is 2. The Balaban J connectivity index is 3.57. The van der Waals surface area contributed by atoms with Gasteiger partial charge in [-0.05, 0) is 26.7 Å². The molecule has 8 heteroatoms. The summed E-state index contributed by atoms with van der Waals surface area (Å²) in [4.78, 5) is 0. The van der Waals surface area contributed by atoms with Gasteiger partial charge in [-0.3, -0.25) is 0 Å². The molecule has 6 nitrogen and oxygen atoms in total. The lowest BCUT2D eigenvalue weighted by atomic mass is 10.3. The fourth-order valence-electron chi connectivity index (χ4n) is 0.909. The van der Waals surface area contributed by atoms with Crippen LogP contribution in [0.1, 0.15) is 26.7 Å². The molecule has 0 spiro atoms. The molecule has 0 radical (unpaired) electrons. The Morgan fingerprint density at radius 2 is 1.06 bits per heavy atom. The van der Waals surface area contributed by atoms with Crippen LogP contribution >= 0.6 is 0 Å². The van der Waals surface area contributed by atoms with Crippen LogP contribution < -0.4 is 9.44 Å². The average molecular weight is 272 g/mol. The summed E-state index contributed by atoms with van der Waals surface area (Å²) in [5.74, 6) is 0.130. The van der Waals surface area contributed by atoms with Crippen LogP contribution in [0.25, 0.3) is 0 Å². The Bertz CT molecular complexity index is 337. The zero-order valence-corrected chi connectivity index (χ0v) is 11.3. The average Bonchev–Trinajstić information content (AvgIpc) is 2.23. The lowest BCUT2D eigenvalue weighted by Gasteiger charge is -2.05. The van der Waals surface area contributed by atoms with Crippen LogP contribution in [0, 0.1) is 0 Å². The van der Waals surface area contributed by atoms with Crippen molar-refractivity contribution < 1.29 is 16.8 Å². The lowest BCUT2D eigenvalue weighted by molar-refractivity contribution is 0.568. The van der Waals surface area contributed by atoms with Gasteiger partial charge < -0.3 is 0 Å². The second-order valence-electron chi connectivity index (χ2n) is 3.30. The highest BCUT2D eigenvalue weighted by Crippen LogP contribution is 1.90. The molecule has 0 bridgehead atoms. The van der Waals surface area contributed by atoms with Crippen LogP contribution in [-0.4, -0.2) is 41.4 Å². The molecule has 0 unspecified atom stereocenters. The quantitative estimate of drug-likeness (QED) is 0.561. The van der Waals surface area contributed by atoms with E-state index in [2.05, 4.69) is 9.44 Å². The van der Waals surface area contributed by atoms with Crippen molar-refractivity contribution in [1.82, 2.24) is 9.44 Å². The van der Waals surface area contributed by atoms with Crippen molar-refractivity contribution in [3.05, 3.63) is 0 Å².